The molecule has 14 heavy (non-hydrogen) atoms. The van der Waals surface area contributed by atoms with Gasteiger partial charge in [-0.25, -0.2) is 0 Å². The van der Waals surface area contributed by atoms with Gasteiger partial charge in [0.05, 0.1) is 5.25 Å². The molecular weight excluding hydrogens is 198 g/mol. The first kappa shape index (κ1) is 13.8. The lowest BCUT2D eigenvalue weighted by Gasteiger charge is -2.07. The Kier molecular flexibility index (Phi) is 9.19. The molecule has 0 saturated heterocycles. The van der Waals surface area contributed by atoms with Crippen molar-refractivity contribution in [3.05, 3.63) is 0 Å². The molecule has 1 N–H and O–H groups in total. The Morgan fingerprint density at radius 1 is 1.43 bits per heavy atom. The molecule has 0 bridgehead atoms. The molecular formula is C10H21NO2S. The van der Waals surface area contributed by atoms with Crippen LogP contribution in [0.3, 0.4) is 0 Å². The minimum absolute atomic E-state index is 0.0121. The van der Waals surface area contributed by atoms with Crippen LogP contribution in [0.25, 0.3) is 0 Å². The Balaban J connectivity index is 3.10. The molecule has 4 heteroatoms. The summed E-state index contributed by atoms with van der Waals surface area (Å²) >= 11 is 4.02. The molecule has 1 amide bonds. The van der Waals surface area contributed by atoms with Crippen LogP contribution in [-0.2, 0) is 9.53 Å². The molecule has 1 atom stereocenters. The van der Waals surface area contributed by atoms with Gasteiger partial charge in [0.15, 0.2) is 0 Å². The van der Waals surface area contributed by atoms with E-state index >= 15 is 0 Å². The van der Waals surface area contributed by atoms with Crippen LogP contribution in [0.15, 0.2) is 0 Å². The number of carbonyl (C=O) groups is 1. The standard InChI is InChI=1S/C10H21NO2S/c1-3-4-7-13-8-5-6-11-10(12)9(2)14/h9,14H,3-8H2,1-2H3,(H,11,12). The first-order chi connectivity index (χ1) is 6.68. The van der Waals surface area contributed by atoms with Crippen molar-refractivity contribution in [3.63, 3.8) is 0 Å². The molecule has 3 nitrogen and oxygen atoms in total. The molecule has 0 fully saturated rings. The zero-order valence-corrected chi connectivity index (χ0v) is 9.98. The van der Waals surface area contributed by atoms with Crippen molar-refractivity contribution in [3.8, 4) is 0 Å². The summed E-state index contributed by atoms with van der Waals surface area (Å²) in [7, 11) is 0. The summed E-state index contributed by atoms with van der Waals surface area (Å²) in [6.07, 6.45) is 3.14. The number of nitrogens with one attached hydrogen (secondary N) is 1. The van der Waals surface area contributed by atoms with Gasteiger partial charge in [0.25, 0.3) is 0 Å². The van der Waals surface area contributed by atoms with Gasteiger partial charge < -0.3 is 10.1 Å². The monoisotopic (exact) mass is 219 g/mol. The summed E-state index contributed by atoms with van der Waals surface area (Å²) in [4.78, 5) is 11.0. The highest BCUT2D eigenvalue weighted by Gasteiger charge is 2.05. The third-order valence-electron chi connectivity index (χ3n) is 1.79. The third-order valence-corrected chi connectivity index (χ3v) is 2.02. The van der Waals surface area contributed by atoms with Gasteiger partial charge in [-0.1, -0.05) is 13.3 Å². The zero-order chi connectivity index (χ0) is 10.8. The van der Waals surface area contributed by atoms with Gasteiger partial charge in [-0.15, -0.1) is 0 Å². The average Bonchev–Trinajstić information content (AvgIpc) is 2.16. The Labute approximate surface area is 92.0 Å². The minimum Gasteiger partial charge on any atom is -0.381 e. The molecule has 0 radical (unpaired) electrons. The second-order valence-electron chi connectivity index (χ2n) is 3.29. The van der Waals surface area contributed by atoms with Crippen molar-refractivity contribution in [1.29, 1.82) is 0 Å². The lowest BCUT2D eigenvalue weighted by Crippen LogP contribution is -2.30. The van der Waals surface area contributed by atoms with E-state index in [-0.39, 0.29) is 11.2 Å². The van der Waals surface area contributed by atoms with Crippen molar-refractivity contribution < 1.29 is 9.53 Å². The van der Waals surface area contributed by atoms with Crippen LogP contribution < -0.4 is 5.32 Å². The summed E-state index contributed by atoms with van der Waals surface area (Å²) in [5.41, 5.74) is 0. The number of hydrogen-bond acceptors (Lipinski definition) is 3. The molecule has 0 aromatic rings. The van der Waals surface area contributed by atoms with Crippen molar-refractivity contribution in [2.24, 2.45) is 0 Å². The molecule has 0 aromatic carbocycles. The van der Waals surface area contributed by atoms with E-state index in [1.54, 1.807) is 6.92 Å². The Hall–Kier alpha value is -0.220. The van der Waals surface area contributed by atoms with E-state index < -0.39 is 0 Å². The molecule has 0 heterocycles. The SMILES string of the molecule is CCCCOCCCNC(=O)C(C)S. The van der Waals surface area contributed by atoms with E-state index in [9.17, 15) is 4.79 Å². The summed E-state index contributed by atoms with van der Waals surface area (Å²) in [5.74, 6) is -0.0121. The zero-order valence-electron chi connectivity index (χ0n) is 9.08. The largest absolute Gasteiger partial charge is 0.381 e. The fourth-order valence-corrected chi connectivity index (χ4v) is 0.973. The first-order valence-electron chi connectivity index (χ1n) is 5.22. The van der Waals surface area contributed by atoms with E-state index in [0.717, 1.165) is 32.5 Å². The van der Waals surface area contributed by atoms with Crippen LogP contribution in [0, 0.1) is 0 Å². The maximum Gasteiger partial charge on any atom is 0.232 e. The molecule has 0 aromatic heterocycles. The van der Waals surface area contributed by atoms with Crippen molar-refractivity contribution in [2.75, 3.05) is 19.8 Å². The number of amides is 1. The quantitative estimate of drug-likeness (QED) is 0.481. The van der Waals surface area contributed by atoms with Gasteiger partial charge in [0.2, 0.25) is 5.91 Å². The van der Waals surface area contributed by atoms with Gasteiger partial charge in [-0.2, -0.15) is 12.6 Å². The van der Waals surface area contributed by atoms with Crippen LogP contribution in [0.1, 0.15) is 33.1 Å². The first-order valence-corrected chi connectivity index (χ1v) is 5.73. The summed E-state index contributed by atoms with van der Waals surface area (Å²) in [6.45, 7) is 6.12. The lowest BCUT2D eigenvalue weighted by molar-refractivity contribution is -0.120. The van der Waals surface area contributed by atoms with E-state index in [1.807, 2.05) is 0 Å². The number of hydrogen-bond donors (Lipinski definition) is 2. The highest BCUT2D eigenvalue weighted by atomic mass is 32.1. The number of ether oxygens (including phenoxy) is 1. The summed E-state index contributed by atoms with van der Waals surface area (Å²) in [6, 6.07) is 0. The molecule has 1 unspecified atom stereocenters. The maximum atomic E-state index is 11.0. The van der Waals surface area contributed by atoms with Crippen LogP contribution in [0.5, 0.6) is 0 Å². The van der Waals surface area contributed by atoms with Crippen molar-refractivity contribution in [1.82, 2.24) is 5.32 Å². The van der Waals surface area contributed by atoms with Crippen molar-refractivity contribution in [2.45, 2.75) is 38.4 Å². The molecule has 0 aliphatic rings. The van der Waals surface area contributed by atoms with Gasteiger partial charge in [-0.3, -0.25) is 4.79 Å². The highest BCUT2D eigenvalue weighted by molar-refractivity contribution is 7.81. The van der Waals surface area contributed by atoms with Gasteiger partial charge in [0, 0.05) is 19.8 Å². The molecule has 84 valence electrons. The second kappa shape index (κ2) is 9.34. The molecule has 0 aliphatic heterocycles. The fourth-order valence-electron chi connectivity index (χ4n) is 0.882. The predicted molar refractivity (Wildman–Crippen MR) is 61.8 cm³/mol. The van der Waals surface area contributed by atoms with Crippen LogP contribution in [0.4, 0.5) is 0 Å². The number of carbonyl (C=O) groups excluding carboxylic acids is 1. The Bertz CT molecular complexity index is 151. The topological polar surface area (TPSA) is 38.3 Å². The smallest absolute Gasteiger partial charge is 0.232 e. The average molecular weight is 219 g/mol. The summed E-state index contributed by atoms with van der Waals surface area (Å²) in [5, 5.41) is 2.55. The maximum absolute atomic E-state index is 11.0. The molecule has 0 spiro atoms. The summed E-state index contributed by atoms with van der Waals surface area (Å²) < 4.78 is 5.35. The third kappa shape index (κ3) is 8.38. The minimum atomic E-state index is -0.226. The van der Waals surface area contributed by atoms with E-state index in [4.69, 9.17) is 4.74 Å². The van der Waals surface area contributed by atoms with Gasteiger partial charge in [-0.05, 0) is 19.8 Å². The van der Waals surface area contributed by atoms with E-state index in [2.05, 4.69) is 24.9 Å². The number of thiol groups is 1. The Morgan fingerprint density at radius 3 is 2.64 bits per heavy atom. The predicted octanol–water partition coefficient (Wildman–Crippen LogP) is 1.63. The lowest BCUT2D eigenvalue weighted by atomic mass is 10.3. The van der Waals surface area contributed by atoms with E-state index in [1.165, 1.54) is 0 Å². The number of rotatable bonds is 8. The van der Waals surface area contributed by atoms with Gasteiger partial charge >= 0.3 is 0 Å². The van der Waals surface area contributed by atoms with Gasteiger partial charge in [0.1, 0.15) is 0 Å². The van der Waals surface area contributed by atoms with Crippen LogP contribution in [0.2, 0.25) is 0 Å². The van der Waals surface area contributed by atoms with Crippen LogP contribution >= 0.6 is 12.6 Å². The molecule has 0 aliphatic carbocycles. The normalized spacial score (nSPS) is 12.5. The van der Waals surface area contributed by atoms with E-state index in [0.29, 0.717) is 6.54 Å². The Morgan fingerprint density at radius 2 is 2.07 bits per heavy atom. The molecule has 0 rings (SSSR count). The van der Waals surface area contributed by atoms with Crippen molar-refractivity contribution >= 4 is 18.5 Å². The molecule has 0 saturated carbocycles. The second-order valence-corrected chi connectivity index (χ2v) is 4.06. The fraction of sp³-hybridized carbons (Fsp3) is 0.900. The highest BCUT2D eigenvalue weighted by Crippen LogP contribution is 1.92. The number of unbranched alkanes of at least 4 members (excludes halogenated alkanes) is 1. The van der Waals surface area contributed by atoms with Crippen LogP contribution in [-0.4, -0.2) is 30.9 Å².